The topological polar surface area (TPSA) is 74.0 Å². The fourth-order valence-electron chi connectivity index (χ4n) is 2.90. The molecule has 30 heavy (non-hydrogen) atoms. The molecule has 3 aromatic rings. The third kappa shape index (κ3) is 4.32. The van der Waals surface area contributed by atoms with Gasteiger partial charge in [0.1, 0.15) is 5.82 Å². The summed E-state index contributed by atoms with van der Waals surface area (Å²) in [7, 11) is 1.35. The lowest BCUT2D eigenvalue weighted by molar-refractivity contribution is -0.137. The lowest BCUT2D eigenvalue weighted by Gasteiger charge is -2.22. The summed E-state index contributed by atoms with van der Waals surface area (Å²) >= 11 is 0. The predicted molar refractivity (Wildman–Crippen MR) is 105 cm³/mol. The summed E-state index contributed by atoms with van der Waals surface area (Å²) in [5.74, 6) is 0.0344. The molecule has 0 fully saturated rings. The number of aromatic nitrogens is 4. The second-order valence-electron chi connectivity index (χ2n) is 7.75. The molecule has 0 unspecified atom stereocenters. The van der Waals surface area contributed by atoms with E-state index in [0.717, 1.165) is 17.8 Å². The zero-order valence-corrected chi connectivity index (χ0v) is 17.2. The smallest absolute Gasteiger partial charge is 0.416 e. The van der Waals surface area contributed by atoms with Gasteiger partial charge in [0.15, 0.2) is 11.4 Å². The molecule has 0 bridgehead atoms. The van der Waals surface area contributed by atoms with E-state index in [4.69, 9.17) is 4.74 Å². The molecule has 1 aromatic carbocycles. The minimum Gasteiger partial charge on any atom is -0.493 e. The number of amides is 1. The molecule has 0 radical (unpaired) electrons. The van der Waals surface area contributed by atoms with Gasteiger partial charge in [0.25, 0.3) is 5.91 Å². The fraction of sp³-hybridized carbons (Fsp3) is 0.350. The largest absolute Gasteiger partial charge is 0.493 e. The first-order chi connectivity index (χ1) is 13.9. The molecule has 0 aliphatic rings. The number of halogens is 3. The number of hydrogen-bond donors (Lipinski definition) is 1. The number of rotatable bonds is 4. The molecule has 0 atom stereocenters. The summed E-state index contributed by atoms with van der Waals surface area (Å²) in [6, 6.07) is 6.37. The molecular weight excluding hydrogens is 399 g/mol. The maximum atomic E-state index is 13.0. The van der Waals surface area contributed by atoms with E-state index in [1.165, 1.54) is 30.1 Å². The standard InChI is InChI=1S/C20H22F3N5O2/c1-12-9-16(28(25-12)19(2,3)4)24-18(29)17-15(30-5)11-27(26-17)14-8-6-7-13(10-14)20(21,22)23/h6-11H,1-5H3,(H,24,29). The lowest BCUT2D eigenvalue weighted by atomic mass is 10.1. The Morgan fingerprint density at radius 1 is 1.13 bits per heavy atom. The Morgan fingerprint density at radius 3 is 2.43 bits per heavy atom. The minimum absolute atomic E-state index is 0.0609. The molecule has 1 N–H and O–H groups in total. The number of methoxy groups -OCH3 is 1. The number of ether oxygens (including phenoxy) is 1. The van der Waals surface area contributed by atoms with E-state index in [9.17, 15) is 18.0 Å². The summed E-state index contributed by atoms with van der Waals surface area (Å²) in [5.41, 5.74) is -0.378. The van der Waals surface area contributed by atoms with E-state index < -0.39 is 17.6 Å². The average Bonchev–Trinajstić information content (AvgIpc) is 3.24. The highest BCUT2D eigenvalue weighted by atomic mass is 19.4. The number of alkyl halides is 3. The molecule has 160 valence electrons. The number of nitrogens with zero attached hydrogens (tertiary/aromatic N) is 4. The Balaban J connectivity index is 1.95. The van der Waals surface area contributed by atoms with Gasteiger partial charge < -0.3 is 10.1 Å². The van der Waals surface area contributed by atoms with Crippen LogP contribution in [-0.2, 0) is 11.7 Å². The van der Waals surface area contributed by atoms with E-state index in [1.54, 1.807) is 17.7 Å². The molecule has 0 aliphatic heterocycles. The predicted octanol–water partition coefficient (Wildman–Crippen LogP) is 4.41. The Morgan fingerprint density at radius 2 is 1.83 bits per heavy atom. The van der Waals surface area contributed by atoms with Crippen molar-refractivity contribution < 1.29 is 22.7 Å². The summed E-state index contributed by atoms with van der Waals surface area (Å²) in [4.78, 5) is 12.9. The molecule has 3 rings (SSSR count). The van der Waals surface area contributed by atoms with Crippen molar-refractivity contribution in [2.45, 2.75) is 39.4 Å². The van der Waals surface area contributed by atoms with E-state index in [1.807, 2.05) is 20.8 Å². The zero-order valence-electron chi connectivity index (χ0n) is 17.2. The van der Waals surface area contributed by atoms with Crippen LogP contribution in [0.4, 0.5) is 19.0 Å². The number of carbonyl (C=O) groups is 1. The summed E-state index contributed by atoms with van der Waals surface area (Å²) in [6.45, 7) is 7.63. The van der Waals surface area contributed by atoms with Crippen molar-refractivity contribution in [1.29, 1.82) is 0 Å². The first-order valence-corrected chi connectivity index (χ1v) is 9.10. The Hall–Kier alpha value is -3.30. The average molecular weight is 421 g/mol. The third-order valence-corrected chi connectivity index (χ3v) is 4.26. The molecule has 0 aliphatic carbocycles. The van der Waals surface area contributed by atoms with Crippen LogP contribution in [0.1, 0.15) is 42.5 Å². The van der Waals surface area contributed by atoms with E-state index in [2.05, 4.69) is 15.5 Å². The van der Waals surface area contributed by atoms with Crippen LogP contribution in [0.2, 0.25) is 0 Å². The molecule has 2 heterocycles. The van der Waals surface area contributed by atoms with E-state index in [0.29, 0.717) is 5.82 Å². The molecule has 1 amide bonds. The van der Waals surface area contributed by atoms with Crippen molar-refractivity contribution in [3.63, 3.8) is 0 Å². The number of anilines is 1. The minimum atomic E-state index is -4.49. The first-order valence-electron chi connectivity index (χ1n) is 9.10. The van der Waals surface area contributed by atoms with Crippen LogP contribution in [0.3, 0.4) is 0 Å². The summed E-state index contributed by atoms with van der Waals surface area (Å²) < 4.78 is 47.1. The van der Waals surface area contributed by atoms with Crippen molar-refractivity contribution in [3.05, 3.63) is 53.5 Å². The first kappa shape index (κ1) is 21.4. The van der Waals surface area contributed by atoms with Crippen molar-refractivity contribution in [2.24, 2.45) is 0 Å². The monoisotopic (exact) mass is 421 g/mol. The number of nitrogens with one attached hydrogen (secondary N) is 1. The Bertz CT molecular complexity index is 1080. The van der Waals surface area contributed by atoms with Crippen molar-refractivity contribution in [2.75, 3.05) is 12.4 Å². The second-order valence-corrected chi connectivity index (χ2v) is 7.75. The summed E-state index contributed by atoms with van der Waals surface area (Å²) in [5, 5.41) is 11.3. The van der Waals surface area contributed by atoms with Gasteiger partial charge in [-0.2, -0.15) is 23.4 Å². The second kappa shape index (κ2) is 7.51. The molecule has 2 aromatic heterocycles. The van der Waals surface area contributed by atoms with Crippen LogP contribution in [0.5, 0.6) is 5.75 Å². The Labute approximate surface area is 171 Å². The highest BCUT2D eigenvalue weighted by Crippen LogP contribution is 2.31. The molecule has 7 nitrogen and oxygen atoms in total. The molecule has 0 saturated heterocycles. The fourth-order valence-corrected chi connectivity index (χ4v) is 2.90. The van der Waals surface area contributed by atoms with Gasteiger partial charge in [-0.05, 0) is 45.9 Å². The van der Waals surface area contributed by atoms with Gasteiger partial charge in [0, 0.05) is 6.07 Å². The van der Waals surface area contributed by atoms with Crippen LogP contribution in [0.15, 0.2) is 36.5 Å². The SMILES string of the molecule is COc1cn(-c2cccc(C(F)(F)F)c2)nc1C(=O)Nc1cc(C)nn1C(C)(C)C. The number of carbonyl (C=O) groups excluding carboxylic acids is 1. The van der Waals surface area contributed by atoms with Crippen LogP contribution >= 0.6 is 0 Å². The molecule has 10 heteroatoms. The van der Waals surface area contributed by atoms with Gasteiger partial charge >= 0.3 is 6.18 Å². The van der Waals surface area contributed by atoms with Crippen molar-refractivity contribution in [3.8, 4) is 11.4 Å². The van der Waals surface area contributed by atoms with Crippen LogP contribution < -0.4 is 10.1 Å². The van der Waals surface area contributed by atoms with Crippen LogP contribution in [-0.4, -0.2) is 32.6 Å². The highest BCUT2D eigenvalue weighted by molar-refractivity contribution is 6.04. The van der Waals surface area contributed by atoms with E-state index in [-0.39, 0.29) is 22.7 Å². The normalized spacial score (nSPS) is 12.1. The zero-order chi connectivity index (χ0) is 22.3. The van der Waals surface area contributed by atoms with Crippen molar-refractivity contribution in [1.82, 2.24) is 19.6 Å². The van der Waals surface area contributed by atoms with Crippen molar-refractivity contribution >= 4 is 11.7 Å². The maximum Gasteiger partial charge on any atom is 0.416 e. The lowest BCUT2D eigenvalue weighted by Crippen LogP contribution is -2.27. The summed E-state index contributed by atoms with van der Waals surface area (Å²) in [6.07, 6.45) is -3.13. The van der Waals surface area contributed by atoms with Gasteiger partial charge in [-0.15, -0.1) is 0 Å². The van der Waals surface area contributed by atoms with E-state index >= 15 is 0 Å². The number of hydrogen-bond acceptors (Lipinski definition) is 4. The third-order valence-electron chi connectivity index (χ3n) is 4.26. The molecule has 0 saturated carbocycles. The van der Waals surface area contributed by atoms with Gasteiger partial charge in [0.05, 0.1) is 35.8 Å². The van der Waals surface area contributed by atoms with Crippen LogP contribution in [0.25, 0.3) is 5.69 Å². The quantitative estimate of drug-likeness (QED) is 0.677. The number of benzene rings is 1. The van der Waals surface area contributed by atoms with Gasteiger partial charge in [0.2, 0.25) is 0 Å². The van der Waals surface area contributed by atoms with Gasteiger partial charge in [-0.3, -0.25) is 4.79 Å². The number of aryl methyl sites for hydroxylation is 1. The van der Waals surface area contributed by atoms with Crippen LogP contribution in [0, 0.1) is 6.92 Å². The molecular formula is C20H22F3N5O2. The maximum absolute atomic E-state index is 13.0. The van der Waals surface area contributed by atoms with Gasteiger partial charge in [-0.25, -0.2) is 9.36 Å². The van der Waals surface area contributed by atoms with Gasteiger partial charge in [-0.1, -0.05) is 6.07 Å². The Kier molecular flexibility index (Phi) is 5.36. The highest BCUT2D eigenvalue weighted by Gasteiger charge is 2.31. The molecule has 0 spiro atoms.